The quantitative estimate of drug-likeness (QED) is 0.879. The van der Waals surface area contributed by atoms with Crippen molar-refractivity contribution >= 4 is 17.6 Å². The number of anilines is 1. The lowest BCUT2D eigenvalue weighted by Gasteiger charge is -2.22. The first-order chi connectivity index (χ1) is 10.5. The van der Waals surface area contributed by atoms with Crippen LogP contribution < -0.4 is 19.7 Å². The van der Waals surface area contributed by atoms with Gasteiger partial charge in [0.1, 0.15) is 13.2 Å². The van der Waals surface area contributed by atoms with Gasteiger partial charge in [-0.3, -0.25) is 4.79 Å². The zero-order valence-corrected chi connectivity index (χ0v) is 12.7. The summed E-state index contributed by atoms with van der Waals surface area (Å²) in [6.45, 7) is 1.50. The van der Waals surface area contributed by atoms with Crippen molar-refractivity contribution in [1.29, 1.82) is 0 Å². The van der Waals surface area contributed by atoms with E-state index >= 15 is 0 Å². The maximum Gasteiger partial charge on any atom is 0.317 e. The van der Waals surface area contributed by atoms with Gasteiger partial charge in [-0.15, -0.1) is 0 Å². The molecule has 0 radical (unpaired) electrons. The van der Waals surface area contributed by atoms with Gasteiger partial charge in [0.2, 0.25) is 5.91 Å². The zero-order chi connectivity index (χ0) is 15.7. The minimum atomic E-state index is -0.193. The average Bonchev–Trinajstić information content (AvgIpc) is 2.87. The van der Waals surface area contributed by atoms with Crippen LogP contribution in [0.15, 0.2) is 18.2 Å². The molecule has 118 valence electrons. The van der Waals surface area contributed by atoms with Crippen LogP contribution in [0.2, 0.25) is 0 Å². The lowest BCUT2D eigenvalue weighted by atomic mass is 10.2. The molecule has 0 saturated carbocycles. The molecule has 1 N–H and O–H groups in total. The molecule has 2 aliphatic heterocycles. The first-order valence-electron chi connectivity index (χ1n) is 7.22. The number of nitrogens with zero attached hydrogens (tertiary/aromatic N) is 2. The standard InChI is InChI=1S/C15H19N3O4/c1-17(2)15(20)16-10-7-14(19)18(9-10)11-3-4-12-13(8-11)22-6-5-21-12/h3-4,8,10H,5-7,9H2,1-2H3,(H,16,20)/t10-/m1/s1. The SMILES string of the molecule is CN(C)C(=O)N[C@@H]1CC(=O)N(c2ccc3c(c2)OCCO3)C1. The third-order valence-corrected chi connectivity index (χ3v) is 3.70. The maximum absolute atomic E-state index is 12.2. The van der Waals surface area contributed by atoms with Crippen molar-refractivity contribution in [3.8, 4) is 11.5 Å². The van der Waals surface area contributed by atoms with Crippen LogP contribution in [0.25, 0.3) is 0 Å². The molecule has 0 spiro atoms. The topological polar surface area (TPSA) is 71.1 Å². The highest BCUT2D eigenvalue weighted by molar-refractivity contribution is 5.97. The third-order valence-electron chi connectivity index (χ3n) is 3.70. The van der Waals surface area contributed by atoms with Crippen molar-refractivity contribution in [1.82, 2.24) is 10.2 Å². The Morgan fingerprint density at radius 2 is 2.00 bits per heavy atom. The van der Waals surface area contributed by atoms with Crippen molar-refractivity contribution in [2.45, 2.75) is 12.5 Å². The second kappa shape index (κ2) is 5.75. The molecular formula is C15H19N3O4. The van der Waals surface area contributed by atoms with E-state index in [0.29, 0.717) is 37.7 Å². The van der Waals surface area contributed by atoms with Crippen LogP contribution in [0.3, 0.4) is 0 Å². The Hall–Kier alpha value is -2.44. The van der Waals surface area contributed by atoms with Crippen molar-refractivity contribution in [2.24, 2.45) is 0 Å². The van der Waals surface area contributed by atoms with Crippen molar-refractivity contribution in [3.63, 3.8) is 0 Å². The van der Waals surface area contributed by atoms with Crippen molar-refractivity contribution in [2.75, 3.05) is 38.8 Å². The number of fused-ring (bicyclic) bond motifs is 1. The summed E-state index contributed by atoms with van der Waals surface area (Å²) < 4.78 is 11.0. The van der Waals surface area contributed by atoms with Gasteiger partial charge < -0.3 is 24.6 Å². The number of hydrogen-bond donors (Lipinski definition) is 1. The molecule has 0 unspecified atom stereocenters. The summed E-state index contributed by atoms with van der Waals surface area (Å²) in [6.07, 6.45) is 0.300. The Kier molecular flexibility index (Phi) is 3.79. The third kappa shape index (κ3) is 2.79. The molecule has 1 saturated heterocycles. The maximum atomic E-state index is 12.2. The van der Waals surface area contributed by atoms with E-state index in [2.05, 4.69) is 5.32 Å². The van der Waals surface area contributed by atoms with E-state index in [1.54, 1.807) is 19.0 Å². The highest BCUT2D eigenvalue weighted by atomic mass is 16.6. The van der Waals surface area contributed by atoms with Crippen LogP contribution in [-0.2, 0) is 4.79 Å². The molecule has 22 heavy (non-hydrogen) atoms. The van der Waals surface area contributed by atoms with Gasteiger partial charge in [-0.2, -0.15) is 0 Å². The van der Waals surface area contributed by atoms with Gasteiger partial charge in [0.25, 0.3) is 0 Å². The Balaban J connectivity index is 1.72. The molecule has 1 atom stereocenters. The number of carbonyl (C=O) groups excluding carboxylic acids is 2. The predicted molar refractivity (Wildman–Crippen MR) is 80.4 cm³/mol. The second-order valence-electron chi connectivity index (χ2n) is 5.58. The number of urea groups is 1. The number of ether oxygens (including phenoxy) is 2. The fourth-order valence-electron chi connectivity index (χ4n) is 2.56. The minimum Gasteiger partial charge on any atom is -0.486 e. The molecule has 0 aliphatic carbocycles. The minimum absolute atomic E-state index is 0.0132. The zero-order valence-electron chi connectivity index (χ0n) is 12.7. The molecule has 7 nitrogen and oxygen atoms in total. The molecule has 2 aliphatic rings. The van der Waals surface area contributed by atoms with Crippen LogP contribution in [0, 0.1) is 0 Å². The van der Waals surface area contributed by atoms with E-state index < -0.39 is 0 Å². The highest BCUT2D eigenvalue weighted by Crippen LogP contribution is 2.35. The summed E-state index contributed by atoms with van der Waals surface area (Å²) in [5.41, 5.74) is 0.760. The molecule has 3 amide bonds. The number of rotatable bonds is 2. The Labute approximate surface area is 128 Å². The number of benzene rings is 1. The van der Waals surface area contributed by atoms with Gasteiger partial charge in [0.05, 0.1) is 6.04 Å². The van der Waals surface area contributed by atoms with Crippen LogP contribution in [0.5, 0.6) is 11.5 Å². The highest BCUT2D eigenvalue weighted by Gasteiger charge is 2.32. The van der Waals surface area contributed by atoms with E-state index in [4.69, 9.17) is 9.47 Å². The normalized spacial score (nSPS) is 20.0. The fourth-order valence-corrected chi connectivity index (χ4v) is 2.56. The van der Waals surface area contributed by atoms with E-state index in [0.717, 1.165) is 5.69 Å². The van der Waals surface area contributed by atoms with Gasteiger partial charge in [-0.25, -0.2) is 4.79 Å². The lowest BCUT2D eigenvalue weighted by molar-refractivity contribution is -0.117. The Morgan fingerprint density at radius 3 is 2.73 bits per heavy atom. The number of hydrogen-bond acceptors (Lipinski definition) is 4. The summed E-state index contributed by atoms with van der Waals surface area (Å²) in [7, 11) is 3.34. The molecule has 2 heterocycles. The second-order valence-corrected chi connectivity index (χ2v) is 5.58. The smallest absolute Gasteiger partial charge is 0.317 e. The van der Waals surface area contributed by atoms with Crippen molar-refractivity contribution < 1.29 is 19.1 Å². The summed E-state index contributed by atoms with van der Waals surface area (Å²) in [4.78, 5) is 27.0. The molecule has 1 fully saturated rings. The van der Waals surface area contributed by atoms with Gasteiger partial charge in [0.15, 0.2) is 11.5 Å². The first kappa shape index (κ1) is 14.5. The molecular weight excluding hydrogens is 286 g/mol. The number of nitrogens with one attached hydrogen (secondary N) is 1. The van der Waals surface area contributed by atoms with Gasteiger partial charge in [-0.05, 0) is 12.1 Å². The van der Waals surface area contributed by atoms with E-state index in [9.17, 15) is 9.59 Å². The Morgan fingerprint density at radius 1 is 1.27 bits per heavy atom. The summed E-state index contributed by atoms with van der Waals surface area (Å²) >= 11 is 0. The molecule has 0 bridgehead atoms. The van der Waals surface area contributed by atoms with Gasteiger partial charge >= 0.3 is 6.03 Å². The molecule has 1 aromatic carbocycles. The van der Waals surface area contributed by atoms with Crippen molar-refractivity contribution in [3.05, 3.63) is 18.2 Å². The predicted octanol–water partition coefficient (Wildman–Crippen LogP) is 0.834. The van der Waals surface area contributed by atoms with Crippen LogP contribution in [0.1, 0.15) is 6.42 Å². The van der Waals surface area contributed by atoms with Crippen LogP contribution >= 0.6 is 0 Å². The monoisotopic (exact) mass is 305 g/mol. The van der Waals surface area contributed by atoms with Gasteiger partial charge in [0, 0.05) is 38.8 Å². The fraction of sp³-hybridized carbons (Fsp3) is 0.467. The van der Waals surface area contributed by atoms with Crippen LogP contribution in [0.4, 0.5) is 10.5 Å². The summed E-state index contributed by atoms with van der Waals surface area (Å²) in [6, 6.07) is 5.07. The number of carbonyl (C=O) groups is 2. The lowest BCUT2D eigenvalue weighted by Crippen LogP contribution is -2.42. The van der Waals surface area contributed by atoms with E-state index in [1.807, 2.05) is 18.2 Å². The molecule has 3 rings (SSSR count). The Bertz CT molecular complexity index is 602. The first-order valence-corrected chi connectivity index (χ1v) is 7.22. The summed E-state index contributed by atoms with van der Waals surface area (Å²) in [5, 5.41) is 2.84. The van der Waals surface area contributed by atoms with Crippen LogP contribution in [-0.4, -0.2) is 56.7 Å². The average molecular weight is 305 g/mol. The summed E-state index contributed by atoms with van der Waals surface area (Å²) in [5.74, 6) is 1.33. The largest absolute Gasteiger partial charge is 0.486 e. The van der Waals surface area contributed by atoms with E-state index in [1.165, 1.54) is 4.90 Å². The molecule has 7 heteroatoms. The molecule has 0 aromatic heterocycles. The van der Waals surface area contributed by atoms with E-state index in [-0.39, 0.29) is 18.0 Å². The molecule has 1 aromatic rings. The number of amides is 3. The van der Waals surface area contributed by atoms with Gasteiger partial charge in [-0.1, -0.05) is 0 Å².